The van der Waals surface area contributed by atoms with Crippen LogP contribution in [0.1, 0.15) is 24.7 Å². The van der Waals surface area contributed by atoms with E-state index in [1.165, 1.54) is 0 Å². The molecule has 0 bridgehead atoms. The summed E-state index contributed by atoms with van der Waals surface area (Å²) < 4.78 is 7.57. The summed E-state index contributed by atoms with van der Waals surface area (Å²) in [5.41, 5.74) is 3.52. The third-order valence-corrected chi connectivity index (χ3v) is 3.31. The Kier molecular flexibility index (Phi) is 3.03. The van der Waals surface area contributed by atoms with E-state index in [1.54, 1.807) is 6.26 Å². The number of rotatable bonds is 3. The zero-order valence-electron chi connectivity index (χ0n) is 11.6. The molecule has 2 heterocycles. The van der Waals surface area contributed by atoms with Crippen molar-refractivity contribution in [1.29, 1.82) is 5.26 Å². The Bertz CT molecular complexity index is 805. The number of nitriles is 1. The number of aryl methyl sites for hydroxylation is 2. The Labute approximate surface area is 117 Å². The third kappa shape index (κ3) is 1.97. The number of hydrogen-bond donors (Lipinski definition) is 0. The summed E-state index contributed by atoms with van der Waals surface area (Å²) >= 11 is 0. The number of hydrogen-bond acceptors (Lipinski definition) is 3. The van der Waals surface area contributed by atoms with Gasteiger partial charge in [0, 0.05) is 6.54 Å². The Morgan fingerprint density at radius 1 is 1.35 bits per heavy atom. The average Bonchev–Trinajstić information content (AvgIpc) is 3.03. The number of fused-ring (bicyclic) bond motifs is 1. The highest BCUT2D eigenvalue weighted by Gasteiger charge is 2.14. The summed E-state index contributed by atoms with van der Waals surface area (Å²) in [6, 6.07) is 9.77. The highest BCUT2D eigenvalue weighted by atomic mass is 16.3. The molecule has 0 aliphatic carbocycles. The van der Waals surface area contributed by atoms with Crippen LogP contribution in [-0.4, -0.2) is 9.55 Å². The summed E-state index contributed by atoms with van der Waals surface area (Å²) in [6.07, 6.45) is 2.75. The van der Waals surface area contributed by atoms with E-state index in [0.29, 0.717) is 5.56 Å². The van der Waals surface area contributed by atoms with Crippen LogP contribution in [0.25, 0.3) is 22.4 Å². The van der Waals surface area contributed by atoms with Crippen molar-refractivity contribution in [2.45, 2.75) is 26.8 Å². The molecule has 0 radical (unpaired) electrons. The van der Waals surface area contributed by atoms with Crippen LogP contribution in [0.4, 0.5) is 0 Å². The molecule has 100 valence electrons. The number of aromatic nitrogens is 2. The van der Waals surface area contributed by atoms with Crippen LogP contribution in [0.3, 0.4) is 0 Å². The molecular formula is C16H15N3O. The van der Waals surface area contributed by atoms with Crippen molar-refractivity contribution in [1.82, 2.24) is 9.55 Å². The van der Waals surface area contributed by atoms with Gasteiger partial charge < -0.3 is 8.98 Å². The van der Waals surface area contributed by atoms with Crippen LogP contribution in [-0.2, 0) is 6.54 Å². The smallest absolute Gasteiger partial charge is 0.144 e. The van der Waals surface area contributed by atoms with Crippen LogP contribution in [0.15, 0.2) is 34.9 Å². The summed E-state index contributed by atoms with van der Waals surface area (Å²) in [6.45, 7) is 4.95. The van der Waals surface area contributed by atoms with E-state index in [2.05, 4.69) is 22.5 Å². The second-order valence-corrected chi connectivity index (χ2v) is 4.85. The maximum Gasteiger partial charge on any atom is 0.144 e. The molecule has 2 aromatic heterocycles. The van der Waals surface area contributed by atoms with Crippen LogP contribution in [0, 0.1) is 18.3 Å². The van der Waals surface area contributed by atoms with Crippen LogP contribution in [0.2, 0.25) is 0 Å². The number of benzene rings is 1. The van der Waals surface area contributed by atoms with Crippen LogP contribution >= 0.6 is 0 Å². The molecule has 0 aliphatic rings. The summed E-state index contributed by atoms with van der Waals surface area (Å²) in [5.74, 6) is 1.77. The van der Waals surface area contributed by atoms with Gasteiger partial charge in [0.05, 0.1) is 28.2 Å². The van der Waals surface area contributed by atoms with Gasteiger partial charge in [0.15, 0.2) is 0 Å². The lowest BCUT2D eigenvalue weighted by atomic mass is 10.2. The van der Waals surface area contributed by atoms with E-state index in [-0.39, 0.29) is 0 Å². The summed E-state index contributed by atoms with van der Waals surface area (Å²) in [4.78, 5) is 4.68. The van der Waals surface area contributed by atoms with Crippen molar-refractivity contribution in [2.75, 3.05) is 0 Å². The minimum absolute atomic E-state index is 0.633. The monoisotopic (exact) mass is 265 g/mol. The van der Waals surface area contributed by atoms with E-state index in [4.69, 9.17) is 9.68 Å². The molecule has 0 unspecified atom stereocenters. The molecular weight excluding hydrogens is 250 g/mol. The molecule has 4 nitrogen and oxygen atoms in total. The van der Waals surface area contributed by atoms with Gasteiger partial charge in [0.1, 0.15) is 17.8 Å². The molecule has 0 aliphatic heterocycles. The number of furan rings is 1. The van der Waals surface area contributed by atoms with Crippen LogP contribution < -0.4 is 0 Å². The highest BCUT2D eigenvalue weighted by molar-refractivity contribution is 5.81. The van der Waals surface area contributed by atoms with E-state index >= 15 is 0 Å². The zero-order valence-corrected chi connectivity index (χ0v) is 11.6. The van der Waals surface area contributed by atoms with Crippen molar-refractivity contribution in [3.8, 4) is 17.5 Å². The Morgan fingerprint density at radius 3 is 2.85 bits per heavy atom. The summed E-state index contributed by atoms with van der Waals surface area (Å²) in [7, 11) is 0. The van der Waals surface area contributed by atoms with Gasteiger partial charge in [-0.05, 0) is 37.6 Å². The molecule has 20 heavy (non-hydrogen) atoms. The van der Waals surface area contributed by atoms with Crippen molar-refractivity contribution < 1.29 is 4.42 Å². The number of nitrogens with zero attached hydrogens (tertiary/aromatic N) is 3. The molecule has 0 amide bonds. The second-order valence-electron chi connectivity index (χ2n) is 4.85. The predicted molar refractivity (Wildman–Crippen MR) is 77.2 cm³/mol. The van der Waals surface area contributed by atoms with Crippen LogP contribution in [0.5, 0.6) is 0 Å². The van der Waals surface area contributed by atoms with Crippen molar-refractivity contribution in [3.63, 3.8) is 0 Å². The first-order valence-corrected chi connectivity index (χ1v) is 6.69. The first kappa shape index (κ1) is 12.5. The fraction of sp³-hybridized carbons (Fsp3) is 0.250. The van der Waals surface area contributed by atoms with Gasteiger partial charge in [-0.3, -0.25) is 0 Å². The van der Waals surface area contributed by atoms with Crippen molar-refractivity contribution >= 4 is 11.0 Å². The lowest BCUT2D eigenvalue weighted by Crippen LogP contribution is -1.99. The molecule has 1 aromatic carbocycles. The molecule has 0 spiro atoms. The largest absolute Gasteiger partial charge is 0.469 e. The van der Waals surface area contributed by atoms with E-state index in [9.17, 15) is 0 Å². The van der Waals surface area contributed by atoms with Gasteiger partial charge >= 0.3 is 0 Å². The third-order valence-electron chi connectivity index (χ3n) is 3.31. The van der Waals surface area contributed by atoms with Crippen molar-refractivity contribution in [2.24, 2.45) is 0 Å². The average molecular weight is 265 g/mol. The van der Waals surface area contributed by atoms with E-state index in [0.717, 1.165) is 41.1 Å². The number of imidazole rings is 1. The van der Waals surface area contributed by atoms with Gasteiger partial charge in [-0.1, -0.05) is 6.92 Å². The Morgan fingerprint density at radius 2 is 2.20 bits per heavy atom. The lowest BCUT2D eigenvalue weighted by Gasteiger charge is -2.05. The van der Waals surface area contributed by atoms with Gasteiger partial charge in [-0.15, -0.1) is 0 Å². The quantitative estimate of drug-likeness (QED) is 0.722. The molecule has 0 N–H and O–H groups in total. The summed E-state index contributed by atoms with van der Waals surface area (Å²) in [5, 5.41) is 9.00. The van der Waals surface area contributed by atoms with Crippen molar-refractivity contribution in [3.05, 3.63) is 41.9 Å². The van der Waals surface area contributed by atoms with Gasteiger partial charge in [-0.25, -0.2) is 4.98 Å². The van der Waals surface area contributed by atoms with E-state index < -0.39 is 0 Å². The zero-order chi connectivity index (χ0) is 14.1. The normalized spacial score (nSPS) is 10.8. The first-order valence-electron chi connectivity index (χ1n) is 6.69. The molecule has 0 fully saturated rings. The topological polar surface area (TPSA) is 54.8 Å². The Hall–Kier alpha value is -2.54. The first-order chi connectivity index (χ1) is 9.72. The SMILES string of the molecule is CCCn1c(-c2coc(C)c2)nc2cc(C#N)ccc21. The van der Waals surface area contributed by atoms with Gasteiger partial charge in [0.25, 0.3) is 0 Å². The minimum atomic E-state index is 0.633. The van der Waals surface area contributed by atoms with Gasteiger partial charge in [-0.2, -0.15) is 5.26 Å². The standard InChI is InChI=1S/C16H15N3O/c1-3-6-19-15-5-4-12(9-17)8-14(15)18-16(19)13-7-11(2)20-10-13/h4-5,7-8,10H,3,6H2,1-2H3. The molecule has 0 atom stereocenters. The predicted octanol–water partition coefficient (Wildman–Crippen LogP) is 3.89. The van der Waals surface area contributed by atoms with Gasteiger partial charge in [0.2, 0.25) is 0 Å². The molecule has 3 rings (SSSR count). The molecule has 0 saturated carbocycles. The Balaban J connectivity index is 2.25. The maximum atomic E-state index is 9.00. The fourth-order valence-corrected chi connectivity index (χ4v) is 2.43. The van der Waals surface area contributed by atoms with E-state index in [1.807, 2.05) is 31.2 Å². The maximum absolute atomic E-state index is 9.00. The minimum Gasteiger partial charge on any atom is -0.469 e. The highest BCUT2D eigenvalue weighted by Crippen LogP contribution is 2.27. The lowest BCUT2D eigenvalue weighted by molar-refractivity contribution is 0.534. The molecule has 4 heteroatoms. The second kappa shape index (κ2) is 4.86. The molecule has 0 saturated heterocycles. The fourth-order valence-electron chi connectivity index (χ4n) is 2.43. The molecule has 3 aromatic rings.